The number of rotatable bonds is 11. The molecule has 8 nitrogen and oxygen atoms in total. The number of allylic oxidation sites excluding steroid dienone is 1. The standard InChI is InChI=1S/C25H36N8/c1-3-18(2)7-11-27-9-4-10-28-14-19-5-6-20(13-19)33-15-21(22-8-12-29-16-30-22)23-24(26)31-17-32-25(23)33/h3,8,12,15-17,19-20,27-28H,4-7,9-11,13-14H2,1-2H3,(H2,26,31,32)/b18-3+. The van der Waals surface area contributed by atoms with Gasteiger partial charge in [0.15, 0.2) is 0 Å². The minimum absolute atomic E-state index is 0.417. The highest BCUT2D eigenvalue weighted by molar-refractivity contribution is 5.99. The molecule has 0 bridgehead atoms. The van der Waals surface area contributed by atoms with Gasteiger partial charge in [-0.2, -0.15) is 0 Å². The largest absolute Gasteiger partial charge is 0.383 e. The average molecular weight is 449 g/mol. The van der Waals surface area contributed by atoms with E-state index in [9.17, 15) is 0 Å². The number of nitrogens with two attached hydrogens (primary N) is 1. The van der Waals surface area contributed by atoms with E-state index in [0.717, 1.165) is 74.2 Å². The van der Waals surface area contributed by atoms with E-state index < -0.39 is 0 Å². The van der Waals surface area contributed by atoms with E-state index in [1.807, 2.05) is 6.07 Å². The van der Waals surface area contributed by atoms with Gasteiger partial charge in [-0.05, 0) is 84.1 Å². The van der Waals surface area contributed by atoms with Crippen molar-refractivity contribution in [2.75, 3.05) is 31.9 Å². The van der Waals surface area contributed by atoms with Crippen LogP contribution in [-0.4, -0.2) is 50.7 Å². The first kappa shape index (κ1) is 23.3. The van der Waals surface area contributed by atoms with Crippen molar-refractivity contribution in [1.29, 1.82) is 0 Å². The number of hydrogen-bond acceptors (Lipinski definition) is 7. The molecule has 0 aromatic carbocycles. The molecule has 33 heavy (non-hydrogen) atoms. The van der Waals surface area contributed by atoms with Crippen LogP contribution in [0.25, 0.3) is 22.3 Å². The predicted molar refractivity (Wildman–Crippen MR) is 134 cm³/mol. The number of hydrogen-bond donors (Lipinski definition) is 3. The molecule has 1 aliphatic rings. The third-order valence-corrected chi connectivity index (χ3v) is 6.73. The second-order valence-corrected chi connectivity index (χ2v) is 9.03. The van der Waals surface area contributed by atoms with Crippen molar-refractivity contribution in [3.8, 4) is 11.3 Å². The molecular weight excluding hydrogens is 412 g/mol. The van der Waals surface area contributed by atoms with Crippen molar-refractivity contribution in [1.82, 2.24) is 35.1 Å². The molecule has 2 unspecified atom stereocenters. The first-order valence-corrected chi connectivity index (χ1v) is 12.1. The summed E-state index contributed by atoms with van der Waals surface area (Å²) in [6.45, 7) is 8.56. The second kappa shape index (κ2) is 11.3. The number of nitrogen functional groups attached to an aromatic ring is 1. The Kier molecular flexibility index (Phi) is 8.01. The molecule has 0 saturated heterocycles. The van der Waals surface area contributed by atoms with Gasteiger partial charge in [0.25, 0.3) is 0 Å². The lowest BCUT2D eigenvalue weighted by Gasteiger charge is -2.15. The molecule has 0 aliphatic heterocycles. The fraction of sp³-hybridized carbons (Fsp3) is 0.520. The smallest absolute Gasteiger partial charge is 0.146 e. The molecule has 3 aromatic heterocycles. The maximum atomic E-state index is 6.25. The monoisotopic (exact) mass is 448 g/mol. The highest BCUT2D eigenvalue weighted by Crippen LogP contribution is 2.39. The quantitative estimate of drug-likeness (QED) is 0.303. The zero-order valence-electron chi connectivity index (χ0n) is 19.8. The van der Waals surface area contributed by atoms with Crippen molar-refractivity contribution >= 4 is 16.9 Å². The van der Waals surface area contributed by atoms with Gasteiger partial charge in [0.2, 0.25) is 0 Å². The van der Waals surface area contributed by atoms with Crippen molar-refractivity contribution < 1.29 is 0 Å². The molecule has 4 N–H and O–H groups in total. The summed E-state index contributed by atoms with van der Waals surface area (Å²) in [4.78, 5) is 17.3. The minimum Gasteiger partial charge on any atom is -0.383 e. The van der Waals surface area contributed by atoms with Gasteiger partial charge in [-0.1, -0.05) is 11.6 Å². The Balaban J connectivity index is 1.31. The number of nitrogens with zero attached hydrogens (tertiary/aromatic N) is 5. The molecule has 0 amide bonds. The van der Waals surface area contributed by atoms with E-state index in [1.54, 1.807) is 18.9 Å². The molecule has 176 valence electrons. The number of anilines is 1. The maximum Gasteiger partial charge on any atom is 0.146 e. The van der Waals surface area contributed by atoms with Crippen molar-refractivity contribution in [2.24, 2.45) is 5.92 Å². The summed E-state index contributed by atoms with van der Waals surface area (Å²) in [5.74, 6) is 1.18. The lowest BCUT2D eigenvalue weighted by Crippen LogP contribution is -2.26. The third kappa shape index (κ3) is 5.75. The molecule has 0 radical (unpaired) electrons. The van der Waals surface area contributed by atoms with Gasteiger partial charge in [0, 0.05) is 24.0 Å². The lowest BCUT2D eigenvalue weighted by molar-refractivity contribution is 0.452. The molecule has 4 rings (SSSR count). The summed E-state index contributed by atoms with van der Waals surface area (Å²) in [5.41, 5.74) is 10.4. The topological polar surface area (TPSA) is 107 Å². The Labute approximate surface area is 196 Å². The van der Waals surface area contributed by atoms with Crippen LogP contribution in [0.1, 0.15) is 52.0 Å². The van der Waals surface area contributed by atoms with Crippen LogP contribution in [-0.2, 0) is 0 Å². The van der Waals surface area contributed by atoms with E-state index >= 15 is 0 Å². The Morgan fingerprint density at radius 2 is 2.03 bits per heavy atom. The van der Waals surface area contributed by atoms with E-state index in [4.69, 9.17) is 5.73 Å². The zero-order chi connectivity index (χ0) is 23.0. The van der Waals surface area contributed by atoms with Crippen molar-refractivity contribution in [2.45, 2.75) is 52.0 Å². The van der Waals surface area contributed by atoms with E-state index in [2.05, 4.69) is 61.3 Å². The molecule has 8 heteroatoms. The number of fused-ring (bicyclic) bond motifs is 1. The predicted octanol–water partition coefficient (Wildman–Crippen LogP) is 3.74. The summed E-state index contributed by atoms with van der Waals surface area (Å²) >= 11 is 0. The first-order chi connectivity index (χ1) is 16.2. The Morgan fingerprint density at radius 1 is 1.15 bits per heavy atom. The molecule has 2 atom stereocenters. The normalized spacial score (nSPS) is 18.9. The summed E-state index contributed by atoms with van der Waals surface area (Å²) in [5, 5.41) is 8.08. The van der Waals surface area contributed by atoms with Crippen LogP contribution in [0, 0.1) is 5.92 Å². The Morgan fingerprint density at radius 3 is 2.85 bits per heavy atom. The van der Waals surface area contributed by atoms with Gasteiger partial charge in [0.05, 0.1) is 11.1 Å². The highest BCUT2D eigenvalue weighted by Gasteiger charge is 2.28. The van der Waals surface area contributed by atoms with Gasteiger partial charge < -0.3 is 20.9 Å². The zero-order valence-corrected chi connectivity index (χ0v) is 19.8. The molecular formula is C25H36N8. The summed E-state index contributed by atoms with van der Waals surface area (Å²) in [6.07, 6.45) is 15.0. The van der Waals surface area contributed by atoms with Crippen LogP contribution in [0.15, 0.2) is 42.8 Å². The number of aromatic nitrogens is 5. The summed E-state index contributed by atoms with van der Waals surface area (Å²) in [7, 11) is 0. The van der Waals surface area contributed by atoms with Crippen molar-refractivity contribution in [3.63, 3.8) is 0 Å². The van der Waals surface area contributed by atoms with Gasteiger partial charge in [-0.3, -0.25) is 0 Å². The summed E-state index contributed by atoms with van der Waals surface area (Å²) in [6, 6.07) is 2.32. The minimum atomic E-state index is 0.417. The Hall–Kier alpha value is -2.84. The fourth-order valence-electron chi connectivity index (χ4n) is 4.72. The van der Waals surface area contributed by atoms with Crippen LogP contribution < -0.4 is 16.4 Å². The van der Waals surface area contributed by atoms with E-state index in [1.165, 1.54) is 12.0 Å². The van der Waals surface area contributed by atoms with Gasteiger partial charge in [0.1, 0.15) is 24.1 Å². The molecule has 3 heterocycles. The fourth-order valence-corrected chi connectivity index (χ4v) is 4.72. The van der Waals surface area contributed by atoms with Gasteiger partial charge in [-0.25, -0.2) is 19.9 Å². The van der Waals surface area contributed by atoms with Crippen LogP contribution in [0.4, 0.5) is 5.82 Å². The third-order valence-electron chi connectivity index (χ3n) is 6.73. The van der Waals surface area contributed by atoms with Gasteiger partial charge >= 0.3 is 0 Å². The molecule has 1 fully saturated rings. The highest BCUT2D eigenvalue weighted by atomic mass is 15.1. The Bertz CT molecular complexity index is 1060. The van der Waals surface area contributed by atoms with Crippen molar-refractivity contribution in [3.05, 3.63) is 42.8 Å². The first-order valence-electron chi connectivity index (χ1n) is 12.1. The maximum absolute atomic E-state index is 6.25. The average Bonchev–Trinajstić information content (AvgIpc) is 3.46. The number of nitrogens with one attached hydrogen (secondary N) is 2. The van der Waals surface area contributed by atoms with Crippen LogP contribution >= 0.6 is 0 Å². The van der Waals surface area contributed by atoms with E-state index in [0.29, 0.717) is 17.8 Å². The van der Waals surface area contributed by atoms with Gasteiger partial charge in [-0.15, -0.1) is 0 Å². The molecule has 3 aromatic rings. The second-order valence-electron chi connectivity index (χ2n) is 9.03. The van der Waals surface area contributed by atoms with E-state index in [-0.39, 0.29) is 0 Å². The molecule has 1 saturated carbocycles. The molecule has 1 aliphatic carbocycles. The molecule has 0 spiro atoms. The summed E-state index contributed by atoms with van der Waals surface area (Å²) < 4.78 is 2.29. The van der Waals surface area contributed by atoms with Crippen LogP contribution in [0.2, 0.25) is 0 Å². The van der Waals surface area contributed by atoms with Crippen LogP contribution in [0.3, 0.4) is 0 Å². The van der Waals surface area contributed by atoms with Crippen LogP contribution in [0.5, 0.6) is 0 Å². The SMILES string of the molecule is C/C=C(\C)CCNCCCNCC1CCC(n2cc(-c3ccncn3)c3c(N)ncnc32)C1. The lowest BCUT2D eigenvalue weighted by atomic mass is 10.1.